The average molecular weight is 349 g/mol. The number of aryl methyl sites for hydroxylation is 2. The highest BCUT2D eigenvalue weighted by Crippen LogP contribution is 2.20. The van der Waals surface area contributed by atoms with Crippen molar-refractivity contribution < 1.29 is 26.3 Å². The zero-order chi connectivity index (χ0) is 14.5. The van der Waals surface area contributed by atoms with E-state index in [2.05, 4.69) is 5.32 Å². The Labute approximate surface area is 136 Å². The van der Waals surface area contributed by atoms with Crippen LogP contribution < -0.4 is 26.9 Å². The first-order valence-electron chi connectivity index (χ1n) is 6.96. The lowest BCUT2D eigenvalue weighted by molar-refractivity contribution is -0.709. The van der Waals surface area contributed by atoms with Gasteiger partial charge in [-0.05, 0) is 25.0 Å². The third-order valence-electron chi connectivity index (χ3n) is 3.52. The third-order valence-corrected chi connectivity index (χ3v) is 3.52. The number of amides is 1. The first-order chi connectivity index (χ1) is 9.63. The van der Waals surface area contributed by atoms with Gasteiger partial charge in [0.2, 0.25) is 6.04 Å². The monoisotopic (exact) mass is 348 g/mol. The molecule has 1 aromatic carbocycles. The molecule has 0 saturated carbocycles. The van der Waals surface area contributed by atoms with Crippen LogP contribution >= 0.6 is 0 Å². The summed E-state index contributed by atoms with van der Waals surface area (Å²) in [6.45, 7) is 6.05. The number of carbonyl (C=O) groups is 1. The fourth-order valence-corrected chi connectivity index (χ4v) is 2.37. The van der Waals surface area contributed by atoms with Crippen molar-refractivity contribution in [2.75, 3.05) is 5.32 Å². The molecule has 2 rings (SSSR count). The molecule has 0 aliphatic rings. The Kier molecular flexibility index (Phi) is 6.56. The summed E-state index contributed by atoms with van der Waals surface area (Å²) in [6.07, 6.45) is 4.61. The van der Waals surface area contributed by atoms with Gasteiger partial charge in [0, 0.05) is 24.2 Å². The van der Waals surface area contributed by atoms with Gasteiger partial charge >= 0.3 is 0 Å². The number of anilines is 1. The summed E-state index contributed by atoms with van der Waals surface area (Å²) in [7, 11) is 0. The van der Waals surface area contributed by atoms with Crippen molar-refractivity contribution >= 4 is 11.6 Å². The van der Waals surface area contributed by atoms with Gasteiger partial charge < -0.3 is 22.3 Å². The van der Waals surface area contributed by atoms with Crippen LogP contribution in [0.2, 0.25) is 0 Å². The van der Waals surface area contributed by atoms with Gasteiger partial charge in [-0.15, -0.1) is 0 Å². The van der Waals surface area contributed by atoms with E-state index in [-0.39, 0.29) is 28.9 Å². The number of nitrogens with one attached hydrogen (secondary N) is 1. The Hall–Kier alpha value is -1.68. The maximum atomic E-state index is 12.5. The van der Waals surface area contributed by atoms with Gasteiger partial charge in [0.25, 0.3) is 5.91 Å². The molecule has 1 aromatic heterocycles. The van der Waals surface area contributed by atoms with Crippen LogP contribution in [0.4, 0.5) is 5.69 Å². The van der Waals surface area contributed by atoms with E-state index in [9.17, 15) is 4.79 Å². The number of aromatic nitrogens is 1. The smallest absolute Gasteiger partial charge is 0.293 e. The van der Waals surface area contributed by atoms with Crippen LogP contribution in [-0.4, -0.2) is 5.91 Å². The van der Waals surface area contributed by atoms with E-state index in [1.165, 1.54) is 0 Å². The molecule has 0 saturated heterocycles. The predicted molar refractivity (Wildman–Crippen MR) is 80.5 cm³/mol. The van der Waals surface area contributed by atoms with Crippen molar-refractivity contribution in [3.05, 3.63) is 59.9 Å². The molecule has 1 N–H and O–H groups in total. The topological polar surface area (TPSA) is 33.0 Å². The Morgan fingerprint density at radius 3 is 2.19 bits per heavy atom. The highest BCUT2D eigenvalue weighted by Gasteiger charge is 2.25. The van der Waals surface area contributed by atoms with Crippen LogP contribution in [0.3, 0.4) is 0 Å². The summed E-state index contributed by atoms with van der Waals surface area (Å²) in [5.41, 5.74) is 3.10. The highest BCUT2D eigenvalue weighted by molar-refractivity contribution is 5.94. The first-order valence-corrected chi connectivity index (χ1v) is 6.96. The minimum absolute atomic E-state index is 0. The van der Waals surface area contributed by atoms with Crippen LogP contribution in [-0.2, 0) is 4.79 Å². The minimum atomic E-state index is -0.185. The molecule has 21 heavy (non-hydrogen) atoms. The molecular weight excluding hydrogens is 328 g/mol. The minimum Gasteiger partial charge on any atom is -1.00 e. The maximum Gasteiger partial charge on any atom is 0.293 e. The van der Waals surface area contributed by atoms with Crippen molar-refractivity contribution in [2.45, 2.75) is 33.2 Å². The zero-order valence-electron chi connectivity index (χ0n) is 12.6. The summed E-state index contributed by atoms with van der Waals surface area (Å²) >= 11 is 0. The van der Waals surface area contributed by atoms with E-state index in [1.807, 2.05) is 74.1 Å². The lowest BCUT2D eigenvalue weighted by Gasteiger charge is -2.14. The number of hydrogen-bond acceptors (Lipinski definition) is 1. The Morgan fingerprint density at radius 2 is 1.67 bits per heavy atom. The second kappa shape index (κ2) is 7.93. The molecule has 0 radical (unpaired) electrons. The summed E-state index contributed by atoms with van der Waals surface area (Å²) in [4.78, 5) is 12.5. The molecule has 3 nitrogen and oxygen atoms in total. The standard InChI is InChI=1S/C17H20N2O.BrH/c1-4-15(19-11-6-5-7-12-19)17(20)18-16-13(2)9-8-10-14(16)3;/h5-12,15H,4H2,1-3H3;1H. The predicted octanol–water partition coefficient (Wildman–Crippen LogP) is 0.185. The molecule has 112 valence electrons. The summed E-state index contributed by atoms with van der Waals surface area (Å²) in [5, 5.41) is 3.07. The molecule has 0 bridgehead atoms. The number of nitrogens with zero attached hydrogens (tertiary/aromatic N) is 1. The van der Waals surface area contributed by atoms with Crippen molar-refractivity contribution in [1.29, 1.82) is 0 Å². The van der Waals surface area contributed by atoms with E-state index < -0.39 is 0 Å². The van der Waals surface area contributed by atoms with E-state index in [1.54, 1.807) is 0 Å². The van der Waals surface area contributed by atoms with Crippen LogP contribution in [0.5, 0.6) is 0 Å². The molecular formula is C17H21BrN2O. The first kappa shape index (κ1) is 17.4. The number of rotatable bonds is 4. The molecule has 1 heterocycles. The van der Waals surface area contributed by atoms with Crippen molar-refractivity contribution in [2.24, 2.45) is 0 Å². The van der Waals surface area contributed by atoms with E-state index in [0.29, 0.717) is 0 Å². The van der Waals surface area contributed by atoms with Crippen LogP contribution in [0.25, 0.3) is 0 Å². The fourth-order valence-electron chi connectivity index (χ4n) is 2.37. The van der Waals surface area contributed by atoms with Crippen molar-refractivity contribution in [3.8, 4) is 0 Å². The van der Waals surface area contributed by atoms with E-state index >= 15 is 0 Å². The Balaban J connectivity index is 0.00000220. The largest absolute Gasteiger partial charge is 1.00 e. The van der Waals surface area contributed by atoms with E-state index in [0.717, 1.165) is 23.2 Å². The zero-order valence-corrected chi connectivity index (χ0v) is 14.2. The van der Waals surface area contributed by atoms with Crippen LogP contribution in [0, 0.1) is 13.8 Å². The van der Waals surface area contributed by atoms with Crippen molar-refractivity contribution in [3.63, 3.8) is 0 Å². The van der Waals surface area contributed by atoms with Gasteiger partial charge in [-0.3, -0.25) is 4.79 Å². The molecule has 0 aliphatic heterocycles. The molecule has 0 fully saturated rings. The highest BCUT2D eigenvalue weighted by atomic mass is 79.9. The van der Waals surface area contributed by atoms with Gasteiger partial charge in [0.15, 0.2) is 12.4 Å². The quantitative estimate of drug-likeness (QED) is 0.786. The number of hydrogen-bond donors (Lipinski definition) is 1. The van der Waals surface area contributed by atoms with Gasteiger partial charge in [-0.25, -0.2) is 0 Å². The molecule has 0 spiro atoms. The Bertz CT molecular complexity index is 579. The third kappa shape index (κ3) is 4.14. The second-order valence-electron chi connectivity index (χ2n) is 5.00. The fraction of sp³-hybridized carbons (Fsp3) is 0.294. The number of para-hydroxylation sites is 1. The molecule has 1 unspecified atom stereocenters. The number of benzene rings is 1. The SMILES string of the molecule is CCC(C(=O)Nc1c(C)cccc1C)[n+]1ccccc1.[Br-]. The summed E-state index contributed by atoms with van der Waals surface area (Å²) in [5.74, 6) is 0.0288. The van der Waals surface area contributed by atoms with Gasteiger partial charge in [-0.2, -0.15) is 4.57 Å². The van der Waals surface area contributed by atoms with Gasteiger partial charge in [0.1, 0.15) is 0 Å². The summed E-state index contributed by atoms with van der Waals surface area (Å²) in [6, 6.07) is 11.7. The van der Waals surface area contributed by atoms with Crippen LogP contribution in [0.1, 0.15) is 30.5 Å². The van der Waals surface area contributed by atoms with Gasteiger partial charge in [0.05, 0.1) is 0 Å². The van der Waals surface area contributed by atoms with E-state index in [4.69, 9.17) is 0 Å². The maximum absolute atomic E-state index is 12.5. The molecule has 1 amide bonds. The molecule has 0 aliphatic carbocycles. The lowest BCUT2D eigenvalue weighted by atomic mass is 10.1. The molecule has 2 aromatic rings. The van der Waals surface area contributed by atoms with Crippen LogP contribution in [0.15, 0.2) is 48.8 Å². The lowest BCUT2D eigenvalue weighted by Crippen LogP contribution is -3.00. The molecule has 1 atom stereocenters. The second-order valence-corrected chi connectivity index (χ2v) is 5.00. The summed E-state index contributed by atoms with van der Waals surface area (Å²) < 4.78 is 1.95. The number of pyridine rings is 1. The average Bonchev–Trinajstić information content (AvgIpc) is 2.45. The Morgan fingerprint density at radius 1 is 1.10 bits per heavy atom. The normalized spacial score (nSPS) is 11.4. The number of halogens is 1. The molecule has 4 heteroatoms. The van der Waals surface area contributed by atoms with Gasteiger partial charge in [-0.1, -0.05) is 31.2 Å². The van der Waals surface area contributed by atoms with Crippen molar-refractivity contribution in [1.82, 2.24) is 0 Å². The number of carbonyl (C=O) groups excluding carboxylic acids is 1.